The Bertz CT molecular complexity index is 534. The van der Waals surface area contributed by atoms with Crippen LogP contribution in [0.25, 0.3) is 0 Å². The minimum Gasteiger partial charge on any atom is -0.496 e. The van der Waals surface area contributed by atoms with Gasteiger partial charge in [-0.3, -0.25) is 0 Å². The predicted molar refractivity (Wildman–Crippen MR) is 79.3 cm³/mol. The molecule has 1 atom stereocenters. The molecule has 3 heteroatoms. The lowest BCUT2D eigenvalue weighted by Crippen LogP contribution is -2.10. The molecule has 1 unspecified atom stereocenters. The summed E-state index contributed by atoms with van der Waals surface area (Å²) in [5.41, 5.74) is 2.00. The zero-order valence-electron chi connectivity index (χ0n) is 11.9. The zero-order valence-corrected chi connectivity index (χ0v) is 11.9. The number of ether oxygens (including phenoxy) is 2. The molecule has 2 rings (SSSR count). The first-order valence-corrected chi connectivity index (χ1v) is 6.77. The Morgan fingerprint density at radius 3 is 2.40 bits per heavy atom. The third-order valence-electron chi connectivity index (χ3n) is 3.24. The van der Waals surface area contributed by atoms with Crippen molar-refractivity contribution in [3.8, 4) is 11.5 Å². The van der Waals surface area contributed by atoms with E-state index in [4.69, 9.17) is 9.47 Å². The lowest BCUT2D eigenvalue weighted by atomic mass is 10.1. The fraction of sp³-hybridized carbons (Fsp3) is 0.294. The van der Waals surface area contributed by atoms with Crippen LogP contribution in [0.5, 0.6) is 11.5 Å². The number of aliphatic hydroxyl groups is 1. The Kier molecular flexibility index (Phi) is 5.02. The van der Waals surface area contributed by atoms with Gasteiger partial charge in [0.15, 0.2) is 0 Å². The second-order valence-electron chi connectivity index (χ2n) is 4.57. The smallest absolute Gasteiger partial charge is 0.124 e. The van der Waals surface area contributed by atoms with Gasteiger partial charge in [-0.1, -0.05) is 37.3 Å². The quantitative estimate of drug-likeness (QED) is 0.876. The van der Waals surface area contributed by atoms with Gasteiger partial charge >= 0.3 is 0 Å². The van der Waals surface area contributed by atoms with Crippen LogP contribution in [0.4, 0.5) is 0 Å². The number of aryl methyl sites for hydroxylation is 1. The fourth-order valence-electron chi connectivity index (χ4n) is 2.03. The standard InChI is InChI=1S/C17H20O3/c1-3-13-8-10-14(11-9-13)20-12-16(18)15-6-4-5-7-17(15)19-2/h4-11,16,18H,3,12H2,1-2H3. The van der Waals surface area contributed by atoms with Gasteiger partial charge in [0.2, 0.25) is 0 Å². The Labute approximate surface area is 119 Å². The van der Waals surface area contributed by atoms with Gasteiger partial charge in [0.1, 0.15) is 24.2 Å². The van der Waals surface area contributed by atoms with Gasteiger partial charge in [-0.25, -0.2) is 0 Å². The molecule has 0 aliphatic rings. The molecule has 0 aliphatic heterocycles. The van der Waals surface area contributed by atoms with E-state index in [1.807, 2.05) is 48.5 Å². The Hall–Kier alpha value is -2.00. The molecule has 0 aliphatic carbocycles. The van der Waals surface area contributed by atoms with E-state index in [0.29, 0.717) is 5.75 Å². The first kappa shape index (κ1) is 14.4. The molecule has 20 heavy (non-hydrogen) atoms. The highest BCUT2D eigenvalue weighted by Gasteiger charge is 2.13. The molecule has 0 spiro atoms. The van der Waals surface area contributed by atoms with E-state index in [1.54, 1.807) is 7.11 Å². The number of para-hydroxylation sites is 1. The molecule has 0 radical (unpaired) electrons. The number of methoxy groups -OCH3 is 1. The zero-order chi connectivity index (χ0) is 14.4. The van der Waals surface area contributed by atoms with Crippen molar-refractivity contribution in [2.45, 2.75) is 19.4 Å². The van der Waals surface area contributed by atoms with E-state index < -0.39 is 6.10 Å². The van der Waals surface area contributed by atoms with E-state index >= 15 is 0 Å². The van der Waals surface area contributed by atoms with Crippen molar-refractivity contribution in [1.29, 1.82) is 0 Å². The summed E-state index contributed by atoms with van der Waals surface area (Å²) < 4.78 is 10.8. The third kappa shape index (κ3) is 3.52. The van der Waals surface area contributed by atoms with E-state index in [9.17, 15) is 5.11 Å². The van der Waals surface area contributed by atoms with Gasteiger partial charge < -0.3 is 14.6 Å². The van der Waals surface area contributed by atoms with Crippen LogP contribution < -0.4 is 9.47 Å². The summed E-state index contributed by atoms with van der Waals surface area (Å²) >= 11 is 0. The minimum absolute atomic E-state index is 0.200. The summed E-state index contributed by atoms with van der Waals surface area (Å²) in [5.74, 6) is 1.43. The summed E-state index contributed by atoms with van der Waals surface area (Å²) in [7, 11) is 1.59. The van der Waals surface area contributed by atoms with E-state index in [-0.39, 0.29) is 6.61 Å². The highest BCUT2D eigenvalue weighted by atomic mass is 16.5. The van der Waals surface area contributed by atoms with E-state index in [1.165, 1.54) is 5.56 Å². The Morgan fingerprint density at radius 2 is 1.75 bits per heavy atom. The number of aliphatic hydroxyl groups excluding tert-OH is 1. The van der Waals surface area contributed by atoms with E-state index in [2.05, 4.69) is 6.92 Å². The van der Waals surface area contributed by atoms with Gasteiger partial charge in [-0.15, -0.1) is 0 Å². The van der Waals surface area contributed by atoms with Crippen molar-refractivity contribution in [3.05, 3.63) is 59.7 Å². The van der Waals surface area contributed by atoms with Crippen molar-refractivity contribution in [3.63, 3.8) is 0 Å². The molecule has 0 saturated heterocycles. The molecule has 2 aromatic carbocycles. The van der Waals surface area contributed by atoms with Crippen LogP contribution in [0.1, 0.15) is 24.2 Å². The van der Waals surface area contributed by atoms with E-state index in [0.717, 1.165) is 17.7 Å². The number of hydrogen-bond acceptors (Lipinski definition) is 3. The number of rotatable bonds is 6. The fourth-order valence-corrected chi connectivity index (χ4v) is 2.03. The summed E-state index contributed by atoms with van der Waals surface area (Å²) in [5, 5.41) is 10.2. The Balaban J connectivity index is 1.98. The van der Waals surface area contributed by atoms with Crippen molar-refractivity contribution >= 4 is 0 Å². The molecule has 0 bridgehead atoms. The molecular formula is C17H20O3. The summed E-state index contributed by atoms with van der Waals surface area (Å²) in [4.78, 5) is 0. The lowest BCUT2D eigenvalue weighted by Gasteiger charge is -2.15. The van der Waals surface area contributed by atoms with Gasteiger partial charge in [0.25, 0.3) is 0 Å². The Morgan fingerprint density at radius 1 is 1.05 bits per heavy atom. The van der Waals surface area contributed by atoms with Crippen LogP contribution in [-0.2, 0) is 6.42 Å². The SMILES string of the molecule is CCc1ccc(OCC(O)c2ccccc2OC)cc1. The second-order valence-corrected chi connectivity index (χ2v) is 4.57. The summed E-state index contributed by atoms with van der Waals surface area (Å²) in [6.07, 6.45) is 0.293. The first-order chi connectivity index (χ1) is 9.74. The minimum atomic E-state index is -0.711. The largest absolute Gasteiger partial charge is 0.496 e. The molecule has 0 heterocycles. The van der Waals surface area contributed by atoms with Crippen LogP contribution in [0.2, 0.25) is 0 Å². The molecular weight excluding hydrogens is 252 g/mol. The maximum Gasteiger partial charge on any atom is 0.124 e. The third-order valence-corrected chi connectivity index (χ3v) is 3.24. The molecule has 106 valence electrons. The van der Waals surface area contributed by atoms with Crippen LogP contribution in [0.15, 0.2) is 48.5 Å². The van der Waals surface area contributed by atoms with Crippen molar-refractivity contribution in [2.75, 3.05) is 13.7 Å². The maximum atomic E-state index is 10.2. The van der Waals surface area contributed by atoms with Crippen molar-refractivity contribution in [2.24, 2.45) is 0 Å². The van der Waals surface area contributed by atoms with Crippen LogP contribution in [0, 0.1) is 0 Å². The molecule has 2 aromatic rings. The topological polar surface area (TPSA) is 38.7 Å². The number of benzene rings is 2. The highest BCUT2D eigenvalue weighted by Crippen LogP contribution is 2.25. The molecule has 1 N–H and O–H groups in total. The molecule has 3 nitrogen and oxygen atoms in total. The lowest BCUT2D eigenvalue weighted by molar-refractivity contribution is 0.105. The average molecular weight is 272 g/mol. The maximum absolute atomic E-state index is 10.2. The molecule has 0 amide bonds. The van der Waals surface area contributed by atoms with Crippen LogP contribution in [-0.4, -0.2) is 18.8 Å². The van der Waals surface area contributed by atoms with Crippen molar-refractivity contribution < 1.29 is 14.6 Å². The van der Waals surface area contributed by atoms with Crippen molar-refractivity contribution in [1.82, 2.24) is 0 Å². The predicted octanol–water partition coefficient (Wildman–Crippen LogP) is 3.37. The summed E-state index contributed by atoms with van der Waals surface area (Å²) in [6, 6.07) is 15.3. The number of hydrogen-bond donors (Lipinski definition) is 1. The molecule has 0 saturated carbocycles. The summed E-state index contributed by atoms with van der Waals surface area (Å²) in [6.45, 7) is 2.31. The average Bonchev–Trinajstić information content (AvgIpc) is 2.53. The monoisotopic (exact) mass is 272 g/mol. The van der Waals surface area contributed by atoms with Gasteiger partial charge in [-0.2, -0.15) is 0 Å². The van der Waals surface area contributed by atoms with Gasteiger partial charge in [0, 0.05) is 5.56 Å². The van der Waals surface area contributed by atoms with Crippen LogP contribution in [0.3, 0.4) is 0 Å². The molecule has 0 fully saturated rings. The first-order valence-electron chi connectivity index (χ1n) is 6.77. The van der Waals surface area contributed by atoms with Gasteiger partial charge in [0.05, 0.1) is 7.11 Å². The highest BCUT2D eigenvalue weighted by molar-refractivity contribution is 5.35. The second kappa shape index (κ2) is 6.96. The molecule has 0 aromatic heterocycles. The van der Waals surface area contributed by atoms with Gasteiger partial charge in [-0.05, 0) is 30.2 Å². The normalized spacial score (nSPS) is 11.9. The van der Waals surface area contributed by atoms with Crippen LogP contribution >= 0.6 is 0 Å².